The van der Waals surface area contributed by atoms with Crippen LogP contribution in [0.3, 0.4) is 0 Å². The van der Waals surface area contributed by atoms with Gasteiger partial charge in [0.05, 0.1) is 0 Å². The van der Waals surface area contributed by atoms with Gasteiger partial charge in [-0.15, -0.1) is 34.2 Å². The van der Waals surface area contributed by atoms with Gasteiger partial charge in [-0.2, -0.15) is 0 Å². The summed E-state index contributed by atoms with van der Waals surface area (Å²) >= 11 is 0. The number of benzene rings is 1. The number of halogens is 1. The van der Waals surface area contributed by atoms with E-state index in [0.29, 0.717) is 18.6 Å². The first kappa shape index (κ1) is 24.0. The second-order valence-electron chi connectivity index (χ2n) is 8.53. The Morgan fingerprint density at radius 1 is 1.16 bits per heavy atom. The van der Waals surface area contributed by atoms with Gasteiger partial charge in [0.2, 0.25) is 0 Å². The molecule has 170 valence electrons. The first-order valence-electron chi connectivity index (χ1n) is 11.5. The Hall–Kier alpha value is -1.68. The smallest absolute Gasteiger partial charge is 0.191 e. The molecule has 1 saturated heterocycles. The highest BCUT2D eigenvalue weighted by atomic mass is 127. The van der Waals surface area contributed by atoms with Gasteiger partial charge in [0.25, 0.3) is 0 Å². The van der Waals surface area contributed by atoms with Crippen molar-refractivity contribution in [2.45, 2.75) is 77.7 Å². The Bertz CT molecular complexity index is 836. The standard InChI is InChI=1S/C23H35N7.HI/c1-3-24-23(25-15-22-28-27-21-12-8-5-9-13-30(21)22)26-20-14-18(2)29(17-20)16-19-10-6-4-7-11-19;/h4,6-7,10-11,18,20H,3,5,8-9,12-17H2,1-2H3,(H2,24,25,26);1H. The third kappa shape index (κ3) is 6.41. The molecule has 2 aromatic rings. The number of rotatable bonds is 6. The van der Waals surface area contributed by atoms with Crippen molar-refractivity contribution in [2.24, 2.45) is 4.99 Å². The Morgan fingerprint density at radius 3 is 2.81 bits per heavy atom. The molecule has 3 heterocycles. The van der Waals surface area contributed by atoms with E-state index in [1.807, 2.05) is 0 Å². The topological polar surface area (TPSA) is 70.4 Å². The van der Waals surface area contributed by atoms with Crippen LogP contribution in [0.2, 0.25) is 0 Å². The van der Waals surface area contributed by atoms with E-state index in [0.717, 1.165) is 56.6 Å². The van der Waals surface area contributed by atoms with E-state index in [-0.39, 0.29) is 24.0 Å². The number of aliphatic imine (C=N–C) groups is 1. The summed E-state index contributed by atoms with van der Waals surface area (Å²) in [5.74, 6) is 2.98. The minimum absolute atomic E-state index is 0. The number of aromatic nitrogens is 3. The summed E-state index contributed by atoms with van der Waals surface area (Å²) in [5, 5.41) is 15.9. The Kier molecular flexibility index (Phi) is 9.13. The first-order valence-corrected chi connectivity index (χ1v) is 11.5. The van der Waals surface area contributed by atoms with Gasteiger partial charge in [-0.25, -0.2) is 4.99 Å². The van der Waals surface area contributed by atoms with Crippen molar-refractivity contribution in [3.8, 4) is 0 Å². The molecular weight excluding hydrogens is 501 g/mol. The van der Waals surface area contributed by atoms with Crippen molar-refractivity contribution in [1.29, 1.82) is 0 Å². The molecule has 2 atom stereocenters. The monoisotopic (exact) mass is 537 g/mol. The molecule has 4 rings (SSSR count). The molecule has 0 saturated carbocycles. The first-order chi connectivity index (χ1) is 14.7. The number of nitrogens with one attached hydrogen (secondary N) is 2. The van der Waals surface area contributed by atoms with Crippen LogP contribution in [0.15, 0.2) is 35.3 Å². The van der Waals surface area contributed by atoms with Gasteiger partial charge in [-0.3, -0.25) is 4.90 Å². The van der Waals surface area contributed by atoms with Crippen LogP contribution in [0.4, 0.5) is 0 Å². The van der Waals surface area contributed by atoms with E-state index in [1.165, 1.54) is 24.8 Å². The van der Waals surface area contributed by atoms with Crippen molar-refractivity contribution in [3.63, 3.8) is 0 Å². The molecule has 8 heteroatoms. The van der Waals surface area contributed by atoms with Crippen molar-refractivity contribution in [3.05, 3.63) is 47.5 Å². The number of guanidine groups is 1. The average molecular weight is 537 g/mol. The SMILES string of the molecule is CCNC(=NCc1nnc2n1CCCCC2)NC1CC(C)N(Cc2ccccc2)C1.I. The lowest BCUT2D eigenvalue weighted by molar-refractivity contribution is 0.258. The van der Waals surface area contributed by atoms with Crippen LogP contribution >= 0.6 is 24.0 Å². The number of hydrogen-bond donors (Lipinski definition) is 2. The predicted molar refractivity (Wildman–Crippen MR) is 136 cm³/mol. The fourth-order valence-corrected chi connectivity index (χ4v) is 4.57. The molecule has 0 aliphatic carbocycles. The molecule has 0 spiro atoms. The molecule has 2 aliphatic rings. The molecule has 2 N–H and O–H groups in total. The maximum atomic E-state index is 4.84. The molecule has 7 nitrogen and oxygen atoms in total. The second-order valence-corrected chi connectivity index (χ2v) is 8.53. The maximum Gasteiger partial charge on any atom is 0.191 e. The van der Waals surface area contributed by atoms with E-state index in [4.69, 9.17) is 4.99 Å². The van der Waals surface area contributed by atoms with Crippen molar-refractivity contribution in [2.75, 3.05) is 13.1 Å². The van der Waals surface area contributed by atoms with E-state index in [9.17, 15) is 0 Å². The number of likely N-dealkylation sites (tertiary alicyclic amines) is 1. The molecule has 1 aromatic heterocycles. The third-order valence-corrected chi connectivity index (χ3v) is 6.18. The Morgan fingerprint density at radius 2 is 2.00 bits per heavy atom. The third-order valence-electron chi connectivity index (χ3n) is 6.18. The number of nitrogens with zero attached hydrogens (tertiary/aromatic N) is 5. The Labute approximate surface area is 203 Å². The van der Waals surface area contributed by atoms with Gasteiger partial charge >= 0.3 is 0 Å². The number of fused-ring (bicyclic) bond motifs is 1. The summed E-state index contributed by atoms with van der Waals surface area (Å²) in [6.45, 7) is 8.89. The van der Waals surface area contributed by atoms with Crippen LogP contribution in [0.1, 0.15) is 56.7 Å². The molecule has 0 amide bonds. The molecule has 2 aliphatic heterocycles. The fourth-order valence-electron chi connectivity index (χ4n) is 4.57. The quantitative estimate of drug-likeness (QED) is 0.336. The molecule has 2 unspecified atom stereocenters. The van der Waals surface area contributed by atoms with Crippen LogP contribution < -0.4 is 10.6 Å². The van der Waals surface area contributed by atoms with Crippen molar-refractivity contribution >= 4 is 29.9 Å². The Balaban J connectivity index is 0.00000272. The maximum absolute atomic E-state index is 4.84. The summed E-state index contributed by atoms with van der Waals surface area (Å²) in [6.07, 6.45) is 5.85. The number of hydrogen-bond acceptors (Lipinski definition) is 4. The van der Waals surface area contributed by atoms with Gasteiger partial charge in [0, 0.05) is 44.7 Å². The average Bonchev–Trinajstić information content (AvgIpc) is 3.20. The van der Waals surface area contributed by atoms with Gasteiger partial charge in [-0.1, -0.05) is 36.8 Å². The highest BCUT2D eigenvalue weighted by Gasteiger charge is 2.29. The summed E-state index contributed by atoms with van der Waals surface area (Å²) in [4.78, 5) is 7.40. The zero-order valence-corrected chi connectivity index (χ0v) is 21.1. The molecule has 31 heavy (non-hydrogen) atoms. The molecule has 0 radical (unpaired) electrons. The zero-order valence-electron chi connectivity index (χ0n) is 18.8. The molecule has 1 fully saturated rings. The van der Waals surface area contributed by atoms with E-state index >= 15 is 0 Å². The van der Waals surface area contributed by atoms with E-state index in [2.05, 4.69) is 74.5 Å². The van der Waals surface area contributed by atoms with Crippen LogP contribution in [0.5, 0.6) is 0 Å². The minimum Gasteiger partial charge on any atom is -0.357 e. The van der Waals surface area contributed by atoms with Crippen LogP contribution in [0.25, 0.3) is 0 Å². The summed E-state index contributed by atoms with van der Waals surface area (Å²) in [6, 6.07) is 11.7. The zero-order chi connectivity index (χ0) is 20.8. The van der Waals surface area contributed by atoms with Crippen LogP contribution in [-0.2, 0) is 26.1 Å². The van der Waals surface area contributed by atoms with Crippen molar-refractivity contribution in [1.82, 2.24) is 30.3 Å². The summed E-state index contributed by atoms with van der Waals surface area (Å²) < 4.78 is 2.28. The lowest BCUT2D eigenvalue weighted by Crippen LogP contribution is -2.44. The summed E-state index contributed by atoms with van der Waals surface area (Å²) in [7, 11) is 0. The van der Waals surface area contributed by atoms with E-state index < -0.39 is 0 Å². The van der Waals surface area contributed by atoms with Crippen molar-refractivity contribution < 1.29 is 0 Å². The highest BCUT2D eigenvalue weighted by molar-refractivity contribution is 14.0. The summed E-state index contributed by atoms with van der Waals surface area (Å²) in [5.41, 5.74) is 1.37. The molecular formula is C23H36IN7. The van der Waals surface area contributed by atoms with Gasteiger partial charge in [0.15, 0.2) is 11.8 Å². The lowest BCUT2D eigenvalue weighted by atomic mass is 10.2. The molecule has 0 bridgehead atoms. The lowest BCUT2D eigenvalue weighted by Gasteiger charge is -2.21. The largest absolute Gasteiger partial charge is 0.357 e. The van der Waals surface area contributed by atoms with Crippen LogP contribution in [-0.4, -0.2) is 50.8 Å². The van der Waals surface area contributed by atoms with Gasteiger partial charge < -0.3 is 15.2 Å². The predicted octanol–water partition coefficient (Wildman–Crippen LogP) is 3.34. The number of aryl methyl sites for hydroxylation is 1. The normalized spacial score (nSPS) is 21.8. The van der Waals surface area contributed by atoms with E-state index in [1.54, 1.807) is 0 Å². The fraction of sp³-hybridized carbons (Fsp3) is 0.609. The highest BCUT2D eigenvalue weighted by Crippen LogP contribution is 2.20. The second kappa shape index (κ2) is 11.8. The van der Waals surface area contributed by atoms with Crippen LogP contribution in [0, 0.1) is 0 Å². The van der Waals surface area contributed by atoms with Gasteiger partial charge in [0.1, 0.15) is 12.4 Å². The minimum atomic E-state index is 0. The van der Waals surface area contributed by atoms with Gasteiger partial charge in [-0.05, 0) is 38.7 Å². The molecule has 1 aromatic carbocycles.